The first-order valence-corrected chi connectivity index (χ1v) is 6.77. The van der Waals surface area contributed by atoms with E-state index in [2.05, 4.69) is 0 Å². The van der Waals surface area contributed by atoms with Crippen LogP contribution in [0.5, 0.6) is 0 Å². The maximum absolute atomic E-state index is 13.5. The SMILES string of the molecule is C[C@H]1CCCC(C)(C)[C@@]1(C=O)c1ccc(F)c(F)c1. The van der Waals surface area contributed by atoms with Gasteiger partial charge in [0.15, 0.2) is 11.6 Å². The van der Waals surface area contributed by atoms with E-state index in [1.165, 1.54) is 6.07 Å². The Labute approximate surface area is 113 Å². The second-order valence-corrected chi connectivity index (χ2v) is 6.29. The Kier molecular flexibility index (Phi) is 3.50. The molecule has 0 bridgehead atoms. The summed E-state index contributed by atoms with van der Waals surface area (Å²) in [6, 6.07) is 3.86. The van der Waals surface area contributed by atoms with Gasteiger partial charge < -0.3 is 4.79 Å². The summed E-state index contributed by atoms with van der Waals surface area (Å²) >= 11 is 0. The summed E-state index contributed by atoms with van der Waals surface area (Å²) in [6.07, 6.45) is 3.85. The minimum Gasteiger partial charge on any atom is -0.302 e. The van der Waals surface area contributed by atoms with Crippen LogP contribution in [-0.2, 0) is 10.2 Å². The summed E-state index contributed by atoms with van der Waals surface area (Å²) in [5.74, 6) is -1.63. The fourth-order valence-electron chi connectivity index (χ4n) is 3.72. The molecule has 0 N–H and O–H groups in total. The highest BCUT2D eigenvalue weighted by Crippen LogP contribution is 2.53. The maximum atomic E-state index is 13.5. The molecule has 3 heteroatoms. The molecule has 104 valence electrons. The molecule has 0 saturated heterocycles. The van der Waals surface area contributed by atoms with E-state index in [1.54, 1.807) is 6.07 Å². The molecule has 1 aromatic carbocycles. The largest absolute Gasteiger partial charge is 0.302 e. The van der Waals surface area contributed by atoms with Gasteiger partial charge in [-0.05, 0) is 41.9 Å². The minimum atomic E-state index is -0.882. The van der Waals surface area contributed by atoms with Crippen LogP contribution in [0.15, 0.2) is 18.2 Å². The first-order chi connectivity index (χ1) is 8.85. The van der Waals surface area contributed by atoms with Crippen LogP contribution in [0.1, 0.15) is 45.6 Å². The molecule has 2 atom stereocenters. The van der Waals surface area contributed by atoms with Crippen molar-refractivity contribution in [2.75, 3.05) is 0 Å². The highest BCUT2D eigenvalue weighted by molar-refractivity contribution is 5.71. The quantitative estimate of drug-likeness (QED) is 0.731. The van der Waals surface area contributed by atoms with Crippen molar-refractivity contribution in [2.45, 2.75) is 45.4 Å². The first kappa shape index (κ1) is 14.2. The van der Waals surface area contributed by atoms with Gasteiger partial charge in [-0.2, -0.15) is 0 Å². The topological polar surface area (TPSA) is 17.1 Å². The number of halogens is 2. The minimum absolute atomic E-state index is 0.124. The molecule has 1 fully saturated rings. The van der Waals surface area contributed by atoms with Crippen LogP contribution in [0.25, 0.3) is 0 Å². The zero-order valence-corrected chi connectivity index (χ0v) is 11.7. The van der Waals surface area contributed by atoms with Crippen LogP contribution in [-0.4, -0.2) is 6.29 Å². The Morgan fingerprint density at radius 3 is 2.47 bits per heavy atom. The number of aldehydes is 1. The van der Waals surface area contributed by atoms with E-state index in [0.29, 0.717) is 5.56 Å². The molecule has 0 amide bonds. The van der Waals surface area contributed by atoms with Crippen molar-refractivity contribution in [3.05, 3.63) is 35.4 Å². The molecule has 0 unspecified atom stereocenters. The van der Waals surface area contributed by atoms with E-state index >= 15 is 0 Å². The van der Waals surface area contributed by atoms with Crippen LogP contribution in [0.3, 0.4) is 0 Å². The molecule has 1 saturated carbocycles. The lowest BCUT2D eigenvalue weighted by molar-refractivity contribution is -0.121. The Hall–Kier alpha value is -1.25. The number of carbonyl (C=O) groups excluding carboxylic acids is 1. The summed E-state index contributed by atoms with van der Waals surface area (Å²) in [4.78, 5) is 11.9. The molecule has 1 aromatic rings. The van der Waals surface area contributed by atoms with Crippen molar-refractivity contribution < 1.29 is 13.6 Å². The van der Waals surface area contributed by atoms with Gasteiger partial charge in [-0.1, -0.05) is 33.3 Å². The summed E-state index contributed by atoms with van der Waals surface area (Å²) in [7, 11) is 0. The van der Waals surface area contributed by atoms with E-state index in [9.17, 15) is 13.6 Å². The summed E-state index contributed by atoms with van der Waals surface area (Å²) in [5, 5.41) is 0. The van der Waals surface area contributed by atoms with Gasteiger partial charge in [-0.25, -0.2) is 8.78 Å². The lowest BCUT2D eigenvalue weighted by Gasteiger charge is -2.51. The highest BCUT2D eigenvalue weighted by atomic mass is 19.2. The average molecular weight is 266 g/mol. The number of hydrogen-bond acceptors (Lipinski definition) is 1. The van der Waals surface area contributed by atoms with Crippen molar-refractivity contribution in [3.8, 4) is 0 Å². The molecule has 0 aromatic heterocycles. The molecule has 1 nitrogen and oxygen atoms in total. The third kappa shape index (κ3) is 1.99. The molecule has 2 rings (SSSR count). The van der Waals surface area contributed by atoms with Gasteiger partial charge in [0.2, 0.25) is 0 Å². The van der Waals surface area contributed by atoms with Gasteiger partial charge >= 0.3 is 0 Å². The molecule has 0 radical (unpaired) electrons. The number of hydrogen-bond donors (Lipinski definition) is 0. The van der Waals surface area contributed by atoms with Crippen molar-refractivity contribution in [3.63, 3.8) is 0 Å². The van der Waals surface area contributed by atoms with Crippen molar-refractivity contribution in [1.82, 2.24) is 0 Å². The van der Waals surface area contributed by atoms with Gasteiger partial charge in [-0.15, -0.1) is 0 Å². The molecule has 1 aliphatic rings. The van der Waals surface area contributed by atoms with E-state index in [0.717, 1.165) is 31.6 Å². The second-order valence-electron chi connectivity index (χ2n) is 6.29. The van der Waals surface area contributed by atoms with E-state index in [1.807, 2.05) is 20.8 Å². The Morgan fingerprint density at radius 1 is 1.26 bits per heavy atom. The predicted octanol–water partition coefficient (Wildman–Crippen LogP) is 4.25. The fraction of sp³-hybridized carbons (Fsp3) is 0.562. The zero-order valence-electron chi connectivity index (χ0n) is 11.7. The second kappa shape index (κ2) is 4.69. The molecular formula is C16H20F2O. The van der Waals surface area contributed by atoms with Gasteiger partial charge in [0, 0.05) is 0 Å². The maximum Gasteiger partial charge on any atom is 0.159 e. The smallest absolute Gasteiger partial charge is 0.159 e. The highest BCUT2D eigenvalue weighted by Gasteiger charge is 2.52. The van der Waals surface area contributed by atoms with Crippen molar-refractivity contribution >= 4 is 6.29 Å². The molecule has 0 heterocycles. The number of rotatable bonds is 2. The normalized spacial score (nSPS) is 30.1. The number of carbonyl (C=O) groups is 1. The van der Waals surface area contributed by atoms with Crippen molar-refractivity contribution in [2.24, 2.45) is 11.3 Å². The van der Waals surface area contributed by atoms with Crippen LogP contribution in [0.4, 0.5) is 8.78 Å². The van der Waals surface area contributed by atoms with Gasteiger partial charge in [0.25, 0.3) is 0 Å². The third-order valence-electron chi connectivity index (χ3n) is 4.92. The lowest BCUT2D eigenvalue weighted by atomic mass is 9.51. The van der Waals surface area contributed by atoms with E-state index in [-0.39, 0.29) is 11.3 Å². The molecular weight excluding hydrogens is 246 g/mol. The van der Waals surface area contributed by atoms with Crippen LogP contribution in [0.2, 0.25) is 0 Å². The third-order valence-corrected chi connectivity index (χ3v) is 4.92. The lowest BCUT2D eigenvalue weighted by Crippen LogP contribution is -2.51. The monoisotopic (exact) mass is 266 g/mol. The Bertz CT molecular complexity index is 496. The standard InChI is InChI=1S/C16H20F2O/c1-11-5-4-8-15(2,3)16(11,10-19)12-6-7-13(17)14(18)9-12/h6-7,9-11H,4-5,8H2,1-3H3/t11-,16+/m0/s1. The molecule has 19 heavy (non-hydrogen) atoms. The van der Waals surface area contributed by atoms with Crippen LogP contribution in [0, 0.1) is 23.0 Å². The summed E-state index contributed by atoms with van der Waals surface area (Å²) in [5.41, 5.74) is -0.394. The Balaban J connectivity index is 2.62. The van der Waals surface area contributed by atoms with E-state index < -0.39 is 17.0 Å². The van der Waals surface area contributed by atoms with Gasteiger partial charge in [0.1, 0.15) is 6.29 Å². The summed E-state index contributed by atoms with van der Waals surface area (Å²) < 4.78 is 26.6. The zero-order chi connectivity index (χ0) is 14.3. The van der Waals surface area contributed by atoms with Gasteiger partial charge in [0.05, 0.1) is 5.41 Å². The van der Waals surface area contributed by atoms with Crippen LogP contribution >= 0.6 is 0 Å². The molecule has 1 aliphatic carbocycles. The van der Waals surface area contributed by atoms with Crippen molar-refractivity contribution in [1.29, 1.82) is 0 Å². The molecule has 0 aliphatic heterocycles. The van der Waals surface area contributed by atoms with Gasteiger partial charge in [-0.3, -0.25) is 0 Å². The van der Waals surface area contributed by atoms with Crippen LogP contribution < -0.4 is 0 Å². The number of benzene rings is 1. The fourth-order valence-corrected chi connectivity index (χ4v) is 3.72. The first-order valence-electron chi connectivity index (χ1n) is 6.77. The Morgan fingerprint density at radius 2 is 1.95 bits per heavy atom. The molecule has 0 spiro atoms. The average Bonchev–Trinajstić information content (AvgIpc) is 2.33. The predicted molar refractivity (Wildman–Crippen MR) is 70.9 cm³/mol. The van der Waals surface area contributed by atoms with E-state index in [4.69, 9.17) is 0 Å². The summed E-state index contributed by atoms with van der Waals surface area (Å²) in [6.45, 7) is 6.10.